The Labute approximate surface area is 153 Å². The van der Waals surface area contributed by atoms with E-state index in [1.807, 2.05) is 12.1 Å². The van der Waals surface area contributed by atoms with Crippen molar-refractivity contribution < 1.29 is 0 Å². The molecule has 1 aliphatic heterocycles. The molecule has 0 saturated carbocycles. The quantitative estimate of drug-likeness (QED) is 0.573. The number of rotatable bonds is 2. The van der Waals surface area contributed by atoms with Crippen molar-refractivity contribution >= 4 is 28.9 Å². The minimum atomic E-state index is 0.210. The molecule has 0 aromatic heterocycles. The molecule has 3 unspecified atom stereocenters. The first kappa shape index (κ1) is 16.1. The first-order chi connectivity index (χ1) is 11.6. The summed E-state index contributed by atoms with van der Waals surface area (Å²) >= 11 is 12.6. The molecule has 0 spiro atoms. The van der Waals surface area contributed by atoms with Gasteiger partial charge in [0.15, 0.2) is 0 Å². The number of nitrogens with one attached hydrogen (secondary N) is 1. The fourth-order valence-electron chi connectivity index (χ4n) is 4.19. The van der Waals surface area contributed by atoms with Crippen LogP contribution < -0.4 is 5.32 Å². The lowest BCUT2D eigenvalue weighted by Gasteiger charge is -2.39. The van der Waals surface area contributed by atoms with Crippen molar-refractivity contribution in [2.75, 3.05) is 5.32 Å². The summed E-state index contributed by atoms with van der Waals surface area (Å²) in [4.78, 5) is 0. The van der Waals surface area contributed by atoms with Crippen LogP contribution in [0.1, 0.15) is 54.8 Å². The summed E-state index contributed by atoms with van der Waals surface area (Å²) in [7, 11) is 0. The van der Waals surface area contributed by atoms with Gasteiger partial charge in [-0.25, -0.2) is 0 Å². The Balaban J connectivity index is 1.84. The van der Waals surface area contributed by atoms with Crippen molar-refractivity contribution in [2.24, 2.45) is 5.92 Å². The summed E-state index contributed by atoms with van der Waals surface area (Å²) in [5, 5.41) is 5.26. The van der Waals surface area contributed by atoms with Gasteiger partial charge in [0.2, 0.25) is 0 Å². The fraction of sp³-hybridized carbons (Fsp3) is 0.333. The number of allylic oxidation sites excluding steroid dienone is 2. The van der Waals surface area contributed by atoms with Crippen LogP contribution in [0, 0.1) is 5.92 Å². The zero-order valence-electron chi connectivity index (χ0n) is 13.9. The lowest BCUT2D eigenvalue weighted by molar-refractivity contribution is 0.424. The molecule has 4 rings (SSSR count). The minimum Gasteiger partial charge on any atom is -0.377 e. The van der Waals surface area contributed by atoms with Crippen LogP contribution in [0.3, 0.4) is 0 Å². The maximum atomic E-state index is 6.54. The second-order valence-electron chi connectivity index (χ2n) is 7.11. The van der Waals surface area contributed by atoms with Gasteiger partial charge >= 0.3 is 0 Å². The average Bonchev–Trinajstić information content (AvgIpc) is 3.03. The van der Waals surface area contributed by atoms with Crippen molar-refractivity contribution in [1.82, 2.24) is 0 Å². The Morgan fingerprint density at radius 1 is 1.08 bits per heavy atom. The first-order valence-corrected chi connectivity index (χ1v) is 9.33. The predicted octanol–water partition coefficient (Wildman–Crippen LogP) is 6.94. The van der Waals surface area contributed by atoms with Crippen LogP contribution >= 0.6 is 23.2 Å². The SMILES string of the molecule is CC(C)c1cccc2c1NC(c1ccc(Cl)cc1Cl)C1CC=CC21. The third kappa shape index (κ3) is 2.55. The van der Waals surface area contributed by atoms with Gasteiger partial charge in [0.25, 0.3) is 0 Å². The molecule has 1 heterocycles. The van der Waals surface area contributed by atoms with Gasteiger partial charge in [-0.3, -0.25) is 0 Å². The van der Waals surface area contributed by atoms with Crippen molar-refractivity contribution in [3.8, 4) is 0 Å². The lowest BCUT2D eigenvalue weighted by atomic mass is 9.75. The molecule has 0 saturated heterocycles. The average molecular weight is 358 g/mol. The Hall–Kier alpha value is -1.44. The zero-order valence-corrected chi connectivity index (χ0v) is 15.4. The molecule has 0 bridgehead atoms. The number of halogens is 2. The Morgan fingerprint density at radius 3 is 2.67 bits per heavy atom. The van der Waals surface area contributed by atoms with Crippen LogP contribution in [0.15, 0.2) is 48.6 Å². The normalized spacial score (nSPS) is 24.6. The molecule has 1 nitrogen and oxygen atoms in total. The molecule has 2 aromatic carbocycles. The van der Waals surface area contributed by atoms with Gasteiger partial charge < -0.3 is 5.32 Å². The summed E-state index contributed by atoms with van der Waals surface area (Å²) in [6.07, 6.45) is 5.75. The largest absolute Gasteiger partial charge is 0.377 e. The van der Waals surface area contributed by atoms with E-state index in [0.717, 1.165) is 17.0 Å². The van der Waals surface area contributed by atoms with E-state index in [2.05, 4.69) is 55.6 Å². The van der Waals surface area contributed by atoms with Crippen LogP contribution in [0.4, 0.5) is 5.69 Å². The molecule has 1 N–H and O–H groups in total. The number of hydrogen-bond acceptors (Lipinski definition) is 1. The van der Waals surface area contributed by atoms with Crippen molar-refractivity contribution in [3.63, 3.8) is 0 Å². The summed E-state index contributed by atoms with van der Waals surface area (Å²) in [6.45, 7) is 4.50. The van der Waals surface area contributed by atoms with Crippen LogP contribution in [0.25, 0.3) is 0 Å². The van der Waals surface area contributed by atoms with Gasteiger partial charge in [0, 0.05) is 21.7 Å². The summed E-state index contributed by atoms with van der Waals surface area (Å²) in [5.41, 5.74) is 5.22. The smallest absolute Gasteiger partial charge is 0.0568 e. The maximum absolute atomic E-state index is 6.54. The minimum absolute atomic E-state index is 0.210. The van der Waals surface area contributed by atoms with E-state index < -0.39 is 0 Å². The van der Waals surface area contributed by atoms with E-state index in [1.165, 1.54) is 16.8 Å². The number of benzene rings is 2. The van der Waals surface area contributed by atoms with Crippen LogP contribution in [-0.2, 0) is 0 Å². The van der Waals surface area contributed by atoms with Gasteiger partial charge in [-0.2, -0.15) is 0 Å². The van der Waals surface area contributed by atoms with Gasteiger partial charge in [-0.1, -0.05) is 73.5 Å². The molecule has 124 valence electrons. The van der Waals surface area contributed by atoms with E-state index in [-0.39, 0.29) is 6.04 Å². The van der Waals surface area contributed by atoms with E-state index in [1.54, 1.807) is 0 Å². The number of para-hydroxylation sites is 1. The summed E-state index contributed by atoms with van der Waals surface area (Å²) < 4.78 is 0. The highest BCUT2D eigenvalue weighted by Crippen LogP contribution is 2.52. The highest BCUT2D eigenvalue weighted by Gasteiger charge is 2.39. The summed E-state index contributed by atoms with van der Waals surface area (Å²) in [5.74, 6) is 1.44. The van der Waals surface area contributed by atoms with Gasteiger partial charge in [-0.15, -0.1) is 0 Å². The molecular formula is C21H21Cl2N. The second kappa shape index (κ2) is 6.13. The number of anilines is 1. The molecule has 24 heavy (non-hydrogen) atoms. The third-order valence-corrected chi connectivity index (χ3v) is 5.91. The third-order valence-electron chi connectivity index (χ3n) is 5.35. The molecule has 0 fully saturated rings. The predicted molar refractivity (Wildman–Crippen MR) is 103 cm³/mol. The molecule has 0 radical (unpaired) electrons. The van der Waals surface area contributed by atoms with E-state index in [9.17, 15) is 0 Å². The lowest BCUT2D eigenvalue weighted by Crippen LogP contribution is -2.30. The fourth-order valence-corrected chi connectivity index (χ4v) is 4.71. The molecule has 1 aliphatic carbocycles. The summed E-state index contributed by atoms with van der Waals surface area (Å²) in [6, 6.07) is 12.8. The highest BCUT2D eigenvalue weighted by atomic mass is 35.5. The molecule has 3 heteroatoms. The van der Waals surface area contributed by atoms with Gasteiger partial charge in [0.1, 0.15) is 0 Å². The van der Waals surface area contributed by atoms with Crippen LogP contribution in [0.5, 0.6) is 0 Å². The van der Waals surface area contributed by atoms with E-state index in [0.29, 0.717) is 22.8 Å². The topological polar surface area (TPSA) is 12.0 Å². The maximum Gasteiger partial charge on any atom is 0.0568 e. The number of hydrogen-bond donors (Lipinski definition) is 1. The zero-order chi connectivity index (χ0) is 16.8. The molecule has 2 aliphatic rings. The molecule has 2 aromatic rings. The Morgan fingerprint density at radius 2 is 1.92 bits per heavy atom. The van der Waals surface area contributed by atoms with Gasteiger partial charge in [0.05, 0.1) is 6.04 Å². The highest BCUT2D eigenvalue weighted by molar-refractivity contribution is 6.35. The molecule has 3 atom stereocenters. The monoisotopic (exact) mass is 357 g/mol. The second-order valence-corrected chi connectivity index (χ2v) is 7.95. The van der Waals surface area contributed by atoms with Crippen molar-refractivity contribution in [1.29, 1.82) is 0 Å². The van der Waals surface area contributed by atoms with Crippen LogP contribution in [0.2, 0.25) is 10.0 Å². The van der Waals surface area contributed by atoms with Crippen LogP contribution in [-0.4, -0.2) is 0 Å². The van der Waals surface area contributed by atoms with Crippen molar-refractivity contribution in [2.45, 2.75) is 38.1 Å². The Bertz CT molecular complexity index is 809. The molecule has 0 amide bonds. The van der Waals surface area contributed by atoms with Gasteiger partial charge in [-0.05, 0) is 47.1 Å². The standard InChI is InChI=1S/C21H21Cl2N/c1-12(2)14-5-3-7-16-15-6-4-8-17(15)21(24-20(14)16)18-10-9-13(22)11-19(18)23/h3-7,9-12,15,17,21,24H,8H2,1-2H3. The van der Waals surface area contributed by atoms with Crippen molar-refractivity contribution in [3.05, 3.63) is 75.3 Å². The van der Waals surface area contributed by atoms with E-state index in [4.69, 9.17) is 23.2 Å². The Kier molecular flexibility index (Phi) is 4.10. The number of fused-ring (bicyclic) bond motifs is 3. The molecular weight excluding hydrogens is 337 g/mol. The first-order valence-electron chi connectivity index (χ1n) is 8.57. The van der Waals surface area contributed by atoms with E-state index >= 15 is 0 Å².